The number of likely N-dealkylation sites (N-methyl/N-ethyl adjacent to an activating group) is 1. The summed E-state index contributed by atoms with van der Waals surface area (Å²) in [5.41, 5.74) is 0. The van der Waals surface area contributed by atoms with Crippen molar-refractivity contribution in [1.29, 1.82) is 0 Å². The van der Waals surface area contributed by atoms with Gasteiger partial charge in [-0.25, -0.2) is 0 Å². The SMILES string of the molecule is CCN1CCCC(C(C)NC2CCN(C)C2)C1. The highest BCUT2D eigenvalue weighted by Gasteiger charge is 2.27. The Bertz CT molecular complexity index is 232. The molecule has 3 unspecified atom stereocenters. The zero-order chi connectivity index (χ0) is 12.3. The predicted molar refractivity (Wildman–Crippen MR) is 73.3 cm³/mol. The number of hydrogen-bond donors (Lipinski definition) is 1. The van der Waals surface area contributed by atoms with Gasteiger partial charge in [0.25, 0.3) is 0 Å². The van der Waals surface area contributed by atoms with Gasteiger partial charge in [0, 0.05) is 25.2 Å². The van der Waals surface area contributed by atoms with Gasteiger partial charge in [-0.15, -0.1) is 0 Å². The lowest BCUT2D eigenvalue weighted by molar-refractivity contribution is 0.152. The Kier molecular flexibility index (Phi) is 4.83. The normalized spacial score (nSPS) is 34.1. The lowest BCUT2D eigenvalue weighted by Crippen LogP contribution is -2.47. The van der Waals surface area contributed by atoms with Crippen LogP contribution in [0.15, 0.2) is 0 Å². The van der Waals surface area contributed by atoms with Gasteiger partial charge in [0.1, 0.15) is 0 Å². The van der Waals surface area contributed by atoms with E-state index >= 15 is 0 Å². The van der Waals surface area contributed by atoms with Crippen molar-refractivity contribution in [3.63, 3.8) is 0 Å². The molecule has 0 aromatic carbocycles. The molecule has 2 rings (SSSR count). The molecule has 0 radical (unpaired) electrons. The largest absolute Gasteiger partial charge is 0.310 e. The minimum atomic E-state index is 0.681. The van der Waals surface area contributed by atoms with E-state index in [-0.39, 0.29) is 0 Å². The number of nitrogens with one attached hydrogen (secondary N) is 1. The van der Waals surface area contributed by atoms with Crippen LogP contribution in [-0.2, 0) is 0 Å². The van der Waals surface area contributed by atoms with Crippen molar-refractivity contribution >= 4 is 0 Å². The number of nitrogens with zero attached hydrogens (tertiary/aromatic N) is 2. The first-order chi connectivity index (χ1) is 8.19. The number of hydrogen-bond acceptors (Lipinski definition) is 3. The number of piperidine rings is 1. The number of likely N-dealkylation sites (tertiary alicyclic amines) is 2. The van der Waals surface area contributed by atoms with E-state index in [1.165, 1.54) is 52.0 Å². The molecule has 3 heteroatoms. The summed E-state index contributed by atoms with van der Waals surface area (Å²) < 4.78 is 0. The third-order valence-corrected chi connectivity index (χ3v) is 4.59. The van der Waals surface area contributed by atoms with Crippen LogP contribution in [0.4, 0.5) is 0 Å². The fourth-order valence-corrected chi connectivity index (χ4v) is 3.37. The third-order valence-electron chi connectivity index (χ3n) is 4.59. The lowest BCUT2D eigenvalue weighted by Gasteiger charge is -2.36. The molecule has 0 saturated carbocycles. The van der Waals surface area contributed by atoms with Crippen LogP contribution < -0.4 is 5.32 Å². The van der Waals surface area contributed by atoms with Crippen LogP contribution in [0.3, 0.4) is 0 Å². The summed E-state index contributed by atoms with van der Waals surface area (Å²) in [6.07, 6.45) is 4.12. The molecule has 2 saturated heterocycles. The fraction of sp³-hybridized carbons (Fsp3) is 1.00. The molecule has 0 bridgehead atoms. The zero-order valence-corrected chi connectivity index (χ0v) is 11.8. The summed E-state index contributed by atoms with van der Waals surface area (Å²) in [5.74, 6) is 0.856. The second-order valence-electron chi connectivity index (χ2n) is 6.00. The van der Waals surface area contributed by atoms with Crippen LogP contribution in [0.2, 0.25) is 0 Å². The minimum Gasteiger partial charge on any atom is -0.310 e. The first-order valence-electron chi connectivity index (χ1n) is 7.36. The molecule has 3 atom stereocenters. The molecule has 0 aromatic heterocycles. The third kappa shape index (κ3) is 3.67. The van der Waals surface area contributed by atoms with Gasteiger partial charge in [-0.1, -0.05) is 6.92 Å². The summed E-state index contributed by atoms with van der Waals surface area (Å²) in [7, 11) is 2.23. The van der Waals surface area contributed by atoms with Gasteiger partial charge in [-0.3, -0.25) is 0 Å². The van der Waals surface area contributed by atoms with Crippen molar-refractivity contribution in [2.24, 2.45) is 5.92 Å². The minimum absolute atomic E-state index is 0.681. The van der Waals surface area contributed by atoms with Gasteiger partial charge in [-0.2, -0.15) is 0 Å². The van der Waals surface area contributed by atoms with Crippen LogP contribution in [0.1, 0.15) is 33.1 Å². The Balaban J connectivity index is 1.76. The summed E-state index contributed by atoms with van der Waals surface area (Å²) >= 11 is 0. The van der Waals surface area contributed by atoms with Gasteiger partial charge < -0.3 is 15.1 Å². The molecule has 1 N–H and O–H groups in total. The molecule has 17 heavy (non-hydrogen) atoms. The average molecular weight is 239 g/mol. The average Bonchev–Trinajstić information content (AvgIpc) is 2.75. The van der Waals surface area contributed by atoms with Crippen molar-refractivity contribution in [2.45, 2.75) is 45.2 Å². The van der Waals surface area contributed by atoms with Crippen molar-refractivity contribution < 1.29 is 0 Å². The van der Waals surface area contributed by atoms with Crippen LogP contribution in [-0.4, -0.2) is 61.7 Å². The van der Waals surface area contributed by atoms with Gasteiger partial charge in [-0.05, 0) is 58.8 Å². The van der Waals surface area contributed by atoms with Gasteiger partial charge >= 0.3 is 0 Å². The monoisotopic (exact) mass is 239 g/mol. The molecule has 0 amide bonds. The van der Waals surface area contributed by atoms with Crippen LogP contribution in [0.25, 0.3) is 0 Å². The second kappa shape index (κ2) is 6.17. The molecule has 0 aliphatic carbocycles. The van der Waals surface area contributed by atoms with E-state index in [0.29, 0.717) is 6.04 Å². The van der Waals surface area contributed by atoms with Gasteiger partial charge in [0.2, 0.25) is 0 Å². The standard InChI is InChI=1S/C14H29N3/c1-4-17-8-5-6-13(10-17)12(2)15-14-7-9-16(3)11-14/h12-15H,4-11H2,1-3H3. The molecular weight excluding hydrogens is 210 g/mol. The summed E-state index contributed by atoms with van der Waals surface area (Å²) in [5, 5.41) is 3.86. The van der Waals surface area contributed by atoms with Gasteiger partial charge in [0.15, 0.2) is 0 Å². The smallest absolute Gasteiger partial charge is 0.0209 e. The zero-order valence-electron chi connectivity index (χ0n) is 11.8. The van der Waals surface area contributed by atoms with Crippen molar-refractivity contribution in [1.82, 2.24) is 15.1 Å². The Morgan fingerprint density at radius 3 is 2.71 bits per heavy atom. The van der Waals surface area contributed by atoms with E-state index in [1.54, 1.807) is 0 Å². The Labute approximate surface area is 107 Å². The van der Waals surface area contributed by atoms with E-state index in [2.05, 4.69) is 36.0 Å². The predicted octanol–water partition coefficient (Wildman–Crippen LogP) is 1.40. The maximum atomic E-state index is 3.86. The molecule has 0 aromatic rings. The maximum absolute atomic E-state index is 3.86. The Morgan fingerprint density at radius 2 is 2.06 bits per heavy atom. The fourth-order valence-electron chi connectivity index (χ4n) is 3.37. The van der Waals surface area contributed by atoms with E-state index in [1.807, 2.05) is 0 Å². The number of rotatable bonds is 4. The summed E-state index contributed by atoms with van der Waals surface area (Å²) in [6.45, 7) is 11.0. The first-order valence-corrected chi connectivity index (χ1v) is 7.36. The molecule has 2 aliphatic rings. The van der Waals surface area contributed by atoms with Crippen molar-refractivity contribution in [3.05, 3.63) is 0 Å². The molecule has 100 valence electrons. The molecule has 2 heterocycles. The van der Waals surface area contributed by atoms with E-state index < -0.39 is 0 Å². The van der Waals surface area contributed by atoms with Crippen LogP contribution >= 0.6 is 0 Å². The topological polar surface area (TPSA) is 18.5 Å². The highest BCUT2D eigenvalue weighted by molar-refractivity contribution is 4.86. The van der Waals surface area contributed by atoms with Crippen LogP contribution in [0, 0.1) is 5.92 Å². The first kappa shape index (κ1) is 13.3. The molecule has 2 fully saturated rings. The van der Waals surface area contributed by atoms with Crippen molar-refractivity contribution in [3.8, 4) is 0 Å². The highest BCUT2D eigenvalue weighted by atomic mass is 15.2. The highest BCUT2D eigenvalue weighted by Crippen LogP contribution is 2.20. The quantitative estimate of drug-likeness (QED) is 0.800. The lowest BCUT2D eigenvalue weighted by atomic mass is 9.91. The molecular formula is C14H29N3. The Morgan fingerprint density at radius 1 is 1.24 bits per heavy atom. The van der Waals surface area contributed by atoms with E-state index in [0.717, 1.165) is 12.0 Å². The van der Waals surface area contributed by atoms with E-state index in [4.69, 9.17) is 0 Å². The van der Waals surface area contributed by atoms with Crippen LogP contribution in [0.5, 0.6) is 0 Å². The van der Waals surface area contributed by atoms with Crippen molar-refractivity contribution in [2.75, 3.05) is 39.8 Å². The Hall–Kier alpha value is -0.120. The molecule has 0 spiro atoms. The summed E-state index contributed by atoms with van der Waals surface area (Å²) in [6, 6.07) is 1.41. The van der Waals surface area contributed by atoms with E-state index in [9.17, 15) is 0 Å². The molecule has 3 nitrogen and oxygen atoms in total. The van der Waals surface area contributed by atoms with Gasteiger partial charge in [0.05, 0.1) is 0 Å². The molecule has 2 aliphatic heterocycles. The second-order valence-corrected chi connectivity index (χ2v) is 6.00. The maximum Gasteiger partial charge on any atom is 0.0209 e. The summed E-state index contributed by atoms with van der Waals surface area (Å²) in [4.78, 5) is 5.04.